The summed E-state index contributed by atoms with van der Waals surface area (Å²) in [6.07, 6.45) is 1.52. The van der Waals surface area contributed by atoms with E-state index in [4.69, 9.17) is 28.4 Å². The monoisotopic (exact) mass is 506 g/mol. The standard InChI is InChI=1S/C27H26N2O6S/c1-6-12-34-26(30)25-16(3)28-27(36-25)29-20-15-23(17-8-10-22(31-4)24(13-17)32-5)35-21-11-9-18(33-7-2)14-19(20)21/h6,8-11,13-15H,1,7,12H2,2-5H3. The molecule has 0 spiro atoms. The Labute approximate surface area is 212 Å². The van der Waals surface area contributed by atoms with Gasteiger partial charge in [-0.3, -0.25) is 0 Å². The molecule has 0 aliphatic rings. The fourth-order valence-corrected chi connectivity index (χ4v) is 4.40. The maximum atomic E-state index is 12.4. The number of esters is 1. The van der Waals surface area contributed by atoms with Gasteiger partial charge in [-0.05, 0) is 50.2 Å². The van der Waals surface area contributed by atoms with E-state index in [0.717, 1.165) is 22.3 Å². The number of hydrogen-bond donors (Lipinski definition) is 0. The molecule has 2 heterocycles. The molecule has 9 heteroatoms. The molecule has 0 saturated heterocycles. The molecule has 2 aromatic heterocycles. The van der Waals surface area contributed by atoms with E-state index >= 15 is 0 Å². The Morgan fingerprint density at radius 2 is 1.94 bits per heavy atom. The Balaban J connectivity index is 1.89. The molecule has 0 unspecified atom stereocenters. The summed E-state index contributed by atoms with van der Waals surface area (Å²) in [5, 5.41) is 1.78. The van der Waals surface area contributed by atoms with E-state index in [-0.39, 0.29) is 6.61 Å². The van der Waals surface area contributed by atoms with Crippen LogP contribution in [0.2, 0.25) is 0 Å². The summed E-state index contributed by atoms with van der Waals surface area (Å²) < 4.78 is 27.9. The lowest BCUT2D eigenvalue weighted by Crippen LogP contribution is -2.04. The van der Waals surface area contributed by atoms with Gasteiger partial charge >= 0.3 is 5.97 Å². The zero-order valence-corrected chi connectivity index (χ0v) is 21.3. The highest BCUT2D eigenvalue weighted by Gasteiger charge is 2.17. The predicted octanol–water partition coefficient (Wildman–Crippen LogP) is 5.86. The van der Waals surface area contributed by atoms with E-state index in [1.165, 1.54) is 6.08 Å². The SMILES string of the molecule is C=CCOC(=O)c1sc(N=c2cc(-c3ccc(OC)c(OC)c3)oc3ccc(OCC)cc23)nc1C. The van der Waals surface area contributed by atoms with Crippen LogP contribution >= 0.6 is 11.3 Å². The molecule has 36 heavy (non-hydrogen) atoms. The highest BCUT2D eigenvalue weighted by atomic mass is 32.1. The second-order valence-corrected chi connectivity index (χ2v) is 8.54. The molecule has 8 nitrogen and oxygen atoms in total. The number of rotatable bonds is 9. The van der Waals surface area contributed by atoms with Crippen molar-refractivity contribution >= 4 is 33.4 Å². The van der Waals surface area contributed by atoms with Gasteiger partial charge in [-0.25, -0.2) is 14.8 Å². The van der Waals surface area contributed by atoms with Crippen molar-refractivity contribution in [2.45, 2.75) is 13.8 Å². The van der Waals surface area contributed by atoms with E-state index in [2.05, 4.69) is 11.6 Å². The van der Waals surface area contributed by atoms with Crippen LogP contribution in [0.15, 0.2) is 64.5 Å². The van der Waals surface area contributed by atoms with Crippen molar-refractivity contribution in [2.75, 3.05) is 27.4 Å². The third-order valence-corrected chi connectivity index (χ3v) is 6.24. The van der Waals surface area contributed by atoms with Crippen molar-refractivity contribution in [1.82, 2.24) is 4.98 Å². The number of ether oxygens (including phenoxy) is 4. The van der Waals surface area contributed by atoms with Crippen LogP contribution in [0.1, 0.15) is 22.3 Å². The summed E-state index contributed by atoms with van der Waals surface area (Å²) >= 11 is 1.16. The molecule has 0 saturated carbocycles. The number of aryl methyl sites for hydroxylation is 1. The van der Waals surface area contributed by atoms with Gasteiger partial charge in [0.2, 0.25) is 5.13 Å². The Hall–Kier alpha value is -4.11. The highest BCUT2D eigenvalue weighted by Crippen LogP contribution is 2.33. The lowest BCUT2D eigenvalue weighted by Gasteiger charge is -2.10. The number of thiazole rings is 1. The van der Waals surface area contributed by atoms with E-state index in [1.54, 1.807) is 21.1 Å². The molecule has 0 aliphatic heterocycles. The van der Waals surface area contributed by atoms with Crippen molar-refractivity contribution in [3.05, 3.63) is 71.0 Å². The average Bonchev–Trinajstić information content (AvgIpc) is 3.26. The molecular weight excluding hydrogens is 480 g/mol. The number of carbonyl (C=O) groups excluding carboxylic acids is 1. The lowest BCUT2D eigenvalue weighted by atomic mass is 10.1. The molecule has 0 amide bonds. The van der Waals surface area contributed by atoms with Gasteiger partial charge in [0.15, 0.2) is 11.5 Å². The van der Waals surface area contributed by atoms with E-state index in [9.17, 15) is 4.79 Å². The first kappa shape index (κ1) is 25.0. The predicted molar refractivity (Wildman–Crippen MR) is 138 cm³/mol. The van der Waals surface area contributed by atoms with Crippen molar-refractivity contribution < 1.29 is 28.2 Å². The molecule has 4 rings (SSSR count). The molecule has 0 radical (unpaired) electrons. The third kappa shape index (κ3) is 5.26. The number of fused-ring (bicyclic) bond motifs is 1. The summed E-state index contributed by atoms with van der Waals surface area (Å²) in [6, 6.07) is 12.9. The zero-order chi connectivity index (χ0) is 25.7. The summed E-state index contributed by atoms with van der Waals surface area (Å²) in [6.45, 7) is 7.90. The number of carbonyl (C=O) groups is 1. The Bertz CT molecular complexity index is 1490. The summed E-state index contributed by atoms with van der Waals surface area (Å²) in [4.78, 5) is 22.0. The third-order valence-electron chi connectivity index (χ3n) is 5.21. The maximum Gasteiger partial charge on any atom is 0.350 e. The Morgan fingerprint density at radius 1 is 1.14 bits per heavy atom. The van der Waals surface area contributed by atoms with Gasteiger partial charge in [0.25, 0.3) is 0 Å². The molecule has 0 aliphatic carbocycles. The smallest absolute Gasteiger partial charge is 0.350 e. The van der Waals surface area contributed by atoms with Crippen molar-refractivity contribution in [2.24, 2.45) is 4.99 Å². The number of aromatic nitrogens is 1. The second-order valence-electron chi connectivity index (χ2n) is 7.57. The Kier molecular flexibility index (Phi) is 7.70. The van der Waals surface area contributed by atoms with Crippen molar-refractivity contribution in [1.29, 1.82) is 0 Å². The van der Waals surface area contributed by atoms with E-state index < -0.39 is 5.97 Å². The van der Waals surface area contributed by atoms with Crippen LogP contribution in [0.5, 0.6) is 17.2 Å². The fraction of sp³-hybridized carbons (Fsp3) is 0.222. The summed E-state index contributed by atoms with van der Waals surface area (Å²) in [7, 11) is 3.17. The summed E-state index contributed by atoms with van der Waals surface area (Å²) in [5.74, 6) is 2.00. The van der Waals surface area contributed by atoms with Gasteiger partial charge in [-0.1, -0.05) is 24.0 Å². The van der Waals surface area contributed by atoms with Gasteiger partial charge in [0.1, 0.15) is 28.6 Å². The fourth-order valence-electron chi connectivity index (χ4n) is 3.55. The number of nitrogens with zero attached hydrogens (tertiary/aromatic N) is 2. The first-order chi connectivity index (χ1) is 17.5. The Morgan fingerprint density at radius 3 is 2.67 bits per heavy atom. The maximum absolute atomic E-state index is 12.4. The van der Waals surface area contributed by atoms with Crippen LogP contribution < -0.4 is 19.6 Å². The van der Waals surface area contributed by atoms with Crippen LogP contribution in [-0.4, -0.2) is 38.4 Å². The van der Waals surface area contributed by atoms with Crippen LogP contribution in [0.3, 0.4) is 0 Å². The van der Waals surface area contributed by atoms with Crippen LogP contribution in [0, 0.1) is 6.92 Å². The zero-order valence-electron chi connectivity index (χ0n) is 20.5. The topological polar surface area (TPSA) is 92.4 Å². The lowest BCUT2D eigenvalue weighted by molar-refractivity contribution is 0.0554. The normalized spacial score (nSPS) is 11.4. The van der Waals surface area contributed by atoms with Gasteiger partial charge in [-0.2, -0.15) is 0 Å². The molecule has 2 aromatic carbocycles. The van der Waals surface area contributed by atoms with Gasteiger partial charge < -0.3 is 23.4 Å². The quantitative estimate of drug-likeness (QED) is 0.207. The van der Waals surface area contributed by atoms with Crippen LogP contribution in [0.4, 0.5) is 5.13 Å². The minimum atomic E-state index is -0.455. The van der Waals surface area contributed by atoms with Gasteiger partial charge in [0, 0.05) is 17.0 Å². The minimum Gasteiger partial charge on any atom is -0.494 e. The molecule has 186 valence electrons. The van der Waals surface area contributed by atoms with Gasteiger partial charge in [0.05, 0.1) is 31.9 Å². The number of hydrogen-bond acceptors (Lipinski definition) is 9. The molecule has 0 atom stereocenters. The largest absolute Gasteiger partial charge is 0.494 e. The molecular formula is C27H26N2O6S. The molecule has 0 fully saturated rings. The van der Waals surface area contributed by atoms with Crippen molar-refractivity contribution in [3.8, 4) is 28.6 Å². The molecule has 4 aromatic rings. The first-order valence-electron chi connectivity index (χ1n) is 11.2. The van der Waals surface area contributed by atoms with Gasteiger partial charge in [-0.15, -0.1) is 0 Å². The minimum absolute atomic E-state index is 0.127. The molecule has 0 N–H and O–H groups in total. The summed E-state index contributed by atoms with van der Waals surface area (Å²) in [5.41, 5.74) is 1.94. The van der Waals surface area contributed by atoms with Crippen molar-refractivity contribution in [3.63, 3.8) is 0 Å². The first-order valence-corrected chi connectivity index (χ1v) is 12.0. The van der Waals surface area contributed by atoms with E-state index in [0.29, 0.717) is 56.3 Å². The number of benzene rings is 2. The van der Waals surface area contributed by atoms with Crippen LogP contribution in [0.25, 0.3) is 22.3 Å². The number of methoxy groups -OCH3 is 2. The average molecular weight is 507 g/mol. The second kappa shape index (κ2) is 11.1. The molecule has 0 bridgehead atoms. The van der Waals surface area contributed by atoms with Crippen LogP contribution in [-0.2, 0) is 4.74 Å². The highest BCUT2D eigenvalue weighted by molar-refractivity contribution is 7.17. The van der Waals surface area contributed by atoms with E-state index in [1.807, 2.05) is 49.4 Å².